The summed E-state index contributed by atoms with van der Waals surface area (Å²) in [6, 6.07) is 11.7. The minimum atomic E-state index is 0.731. The molecule has 1 heteroatoms. The molecule has 14 heavy (non-hydrogen) atoms. The van der Waals surface area contributed by atoms with Crippen molar-refractivity contribution in [1.82, 2.24) is 5.32 Å². The Morgan fingerprint density at radius 3 is 2.64 bits per heavy atom. The molecule has 76 valence electrons. The number of nitrogens with one attached hydrogen (secondary N) is 1. The fourth-order valence-electron chi connectivity index (χ4n) is 2.48. The van der Waals surface area contributed by atoms with Crippen LogP contribution in [-0.2, 0) is 0 Å². The zero-order valence-corrected chi connectivity index (χ0v) is 8.87. The molecule has 0 spiro atoms. The number of hydrogen-bond donors (Lipinski definition) is 1. The minimum absolute atomic E-state index is 0.731. The summed E-state index contributed by atoms with van der Waals surface area (Å²) in [6.07, 6.45) is 5.38. The first-order valence-corrected chi connectivity index (χ1v) is 5.62. The molecule has 1 saturated carbocycles. The molecule has 1 aromatic rings. The van der Waals surface area contributed by atoms with Crippen LogP contribution in [0.15, 0.2) is 30.3 Å². The van der Waals surface area contributed by atoms with Gasteiger partial charge in [-0.2, -0.15) is 0 Å². The molecule has 1 N–H and O–H groups in total. The molecule has 0 aliphatic heterocycles. The zero-order chi connectivity index (χ0) is 9.80. The van der Waals surface area contributed by atoms with E-state index in [1.807, 2.05) is 0 Å². The van der Waals surface area contributed by atoms with Gasteiger partial charge < -0.3 is 5.32 Å². The summed E-state index contributed by atoms with van der Waals surface area (Å²) in [5, 5.41) is 3.40. The van der Waals surface area contributed by atoms with E-state index in [9.17, 15) is 0 Å². The molecule has 2 unspecified atom stereocenters. The molecule has 1 aliphatic rings. The highest BCUT2D eigenvalue weighted by atomic mass is 14.9. The van der Waals surface area contributed by atoms with Crippen LogP contribution < -0.4 is 5.32 Å². The van der Waals surface area contributed by atoms with Crippen molar-refractivity contribution in [1.29, 1.82) is 0 Å². The van der Waals surface area contributed by atoms with Crippen molar-refractivity contribution in [2.75, 3.05) is 7.05 Å². The molecule has 1 aromatic carbocycles. The molecule has 0 aromatic heterocycles. The van der Waals surface area contributed by atoms with Crippen LogP contribution in [0.2, 0.25) is 0 Å². The van der Waals surface area contributed by atoms with Crippen LogP contribution in [0.3, 0.4) is 0 Å². The van der Waals surface area contributed by atoms with E-state index in [-0.39, 0.29) is 0 Å². The zero-order valence-electron chi connectivity index (χ0n) is 8.87. The average molecular weight is 189 g/mol. The van der Waals surface area contributed by atoms with Gasteiger partial charge in [-0.1, -0.05) is 36.8 Å². The molecule has 2 atom stereocenters. The number of hydrogen-bond acceptors (Lipinski definition) is 1. The summed E-state index contributed by atoms with van der Waals surface area (Å²) >= 11 is 0. The lowest BCUT2D eigenvalue weighted by Crippen LogP contribution is -2.30. The van der Waals surface area contributed by atoms with E-state index in [0.29, 0.717) is 0 Å². The van der Waals surface area contributed by atoms with Gasteiger partial charge in [-0.3, -0.25) is 0 Å². The molecular weight excluding hydrogens is 170 g/mol. The predicted molar refractivity (Wildman–Crippen MR) is 60.5 cm³/mol. The summed E-state index contributed by atoms with van der Waals surface area (Å²) in [5.41, 5.74) is 1.52. The third-order valence-corrected chi connectivity index (χ3v) is 3.35. The number of rotatable bonds is 2. The van der Waals surface area contributed by atoms with Crippen LogP contribution in [0.5, 0.6) is 0 Å². The van der Waals surface area contributed by atoms with Crippen molar-refractivity contribution >= 4 is 0 Å². The molecule has 0 saturated heterocycles. The molecule has 0 heterocycles. The van der Waals surface area contributed by atoms with Crippen LogP contribution in [0, 0.1) is 0 Å². The van der Waals surface area contributed by atoms with Crippen molar-refractivity contribution in [3.8, 4) is 0 Å². The Morgan fingerprint density at radius 1 is 1.14 bits per heavy atom. The Morgan fingerprint density at radius 2 is 1.93 bits per heavy atom. The second-order valence-electron chi connectivity index (χ2n) is 4.26. The Labute approximate surface area is 86.5 Å². The Bertz CT molecular complexity index is 268. The van der Waals surface area contributed by atoms with E-state index < -0.39 is 0 Å². The van der Waals surface area contributed by atoms with Gasteiger partial charge in [0.25, 0.3) is 0 Å². The molecule has 1 nitrogen and oxygen atoms in total. The van der Waals surface area contributed by atoms with Gasteiger partial charge in [-0.15, -0.1) is 0 Å². The lowest BCUT2D eigenvalue weighted by Gasteiger charge is -2.29. The average Bonchev–Trinajstić information content (AvgIpc) is 2.30. The molecule has 0 bridgehead atoms. The topological polar surface area (TPSA) is 12.0 Å². The van der Waals surface area contributed by atoms with Crippen LogP contribution in [0.1, 0.15) is 37.2 Å². The summed E-state index contributed by atoms with van der Waals surface area (Å²) in [7, 11) is 2.08. The number of benzene rings is 1. The second-order valence-corrected chi connectivity index (χ2v) is 4.26. The maximum Gasteiger partial charge on any atom is 0.00698 e. The summed E-state index contributed by atoms with van der Waals surface area (Å²) in [4.78, 5) is 0. The van der Waals surface area contributed by atoms with Crippen molar-refractivity contribution in [2.45, 2.75) is 37.6 Å². The van der Waals surface area contributed by atoms with Gasteiger partial charge in [-0.05, 0) is 37.8 Å². The van der Waals surface area contributed by atoms with Crippen LogP contribution >= 0.6 is 0 Å². The van der Waals surface area contributed by atoms with E-state index in [1.165, 1.54) is 31.2 Å². The van der Waals surface area contributed by atoms with Crippen molar-refractivity contribution in [2.24, 2.45) is 0 Å². The van der Waals surface area contributed by atoms with E-state index in [4.69, 9.17) is 0 Å². The highest BCUT2D eigenvalue weighted by molar-refractivity contribution is 5.20. The van der Waals surface area contributed by atoms with E-state index >= 15 is 0 Å². The van der Waals surface area contributed by atoms with Crippen LogP contribution in [0.25, 0.3) is 0 Å². The van der Waals surface area contributed by atoms with Gasteiger partial charge in [0.1, 0.15) is 0 Å². The van der Waals surface area contributed by atoms with Crippen molar-refractivity contribution in [3.63, 3.8) is 0 Å². The molecule has 0 amide bonds. The first kappa shape index (κ1) is 9.72. The van der Waals surface area contributed by atoms with Crippen molar-refractivity contribution < 1.29 is 0 Å². The van der Waals surface area contributed by atoms with Gasteiger partial charge >= 0.3 is 0 Å². The smallest absolute Gasteiger partial charge is 0.00698 e. The van der Waals surface area contributed by atoms with E-state index in [0.717, 1.165) is 12.0 Å². The summed E-state index contributed by atoms with van der Waals surface area (Å²) < 4.78 is 0. The maximum atomic E-state index is 3.40. The van der Waals surface area contributed by atoms with Gasteiger partial charge in [0, 0.05) is 6.04 Å². The van der Waals surface area contributed by atoms with E-state index in [2.05, 4.69) is 42.7 Å². The summed E-state index contributed by atoms with van der Waals surface area (Å²) in [6.45, 7) is 0. The molecule has 2 rings (SSSR count). The molecule has 0 radical (unpaired) electrons. The van der Waals surface area contributed by atoms with Gasteiger partial charge in [-0.25, -0.2) is 0 Å². The molecule has 1 fully saturated rings. The molecular formula is C13H19N. The highest BCUT2D eigenvalue weighted by Crippen LogP contribution is 2.32. The fourth-order valence-corrected chi connectivity index (χ4v) is 2.48. The lowest BCUT2D eigenvalue weighted by molar-refractivity contribution is 0.355. The van der Waals surface area contributed by atoms with Crippen LogP contribution in [-0.4, -0.2) is 13.1 Å². The van der Waals surface area contributed by atoms with Crippen molar-refractivity contribution in [3.05, 3.63) is 35.9 Å². The van der Waals surface area contributed by atoms with Gasteiger partial charge in [0.15, 0.2) is 0 Å². The Hall–Kier alpha value is -0.820. The largest absolute Gasteiger partial charge is 0.317 e. The van der Waals surface area contributed by atoms with Gasteiger partial charge in [0.2, 0.25) is 0 Å². The fraction of sp³-hybridized carbons (Fsp3) is 0.538. The third-order valence-electron chi connectivity index (χ3n) is 3.35. The lowest BCUT2D eigenvalue weighted by atomic mass is 9.81. The van der Waals surface area contributed by atoms with Gasteiger partial charge in [0.05, 0.1) is 0 Å². The second kappa shape index (κ2) is 4.61. The van der Waals surface area contributed by atoms with E-state index in [1.54, 1.807) is 0 Å². The molecule has 1 aliphatic carbocycles. The summed E-state index contributed by atoms with van der Waals surface area (Å²) in [5.74, 6) is 0.780. The monoisotopic (exact) mass is 189 g/mol. The minimum Gasteiger partial charge on any atom is -0.317 e. The normalized spacial score (nSPS) is 27.5. The Balaban J connectivity index is 2.04. The standard InChI is InChI=1S/C13H19N/c1-14-13-9-5-8-12(10-13)11-6-3-2-4-7-11/h2-4,6-7,12-14H,5,8-10H2,1H3. The Kier molecular flexibility index (Phi) is 3.20. The SMILES string of the molecule is CNC1CCCC(c2ccccc2)C1. The first-order chi connectivity index (χ1) is 6.90. The first-order valence-electron chi connectivity index (χ1n) is 5.62. The predicted octanol–water partition coefficient (Wildman–Crippen LogP) is 2.93. The third kappa shape index (κ3) is 2.16. The maximum absolute atomic E-state index is 3.40. The van der Waals surface area contributed by atoms with Crippen LogP contribution in [0.4, 0.5) is 0 Å². The highest BCUT2D eigenvalue weighted by Gasteiger charge is 2.21. The quantitative estimate of drug-likeness (QED) is 0.754.